The minimum Gasteiger partial charge on any atom is -0.497 e. The lowest BCUT2D eigenvalue weighted by Crippen LogP contribution is -2.09. The molecule has 1 heterocycles. The normalized spacial score (nSPS) is 14.0. The van der Waals surface area contributed by atoms with Gasteiger partial charge in [-0.05, 0) is 60.7 Å². The predicted octanol–water partition coefficient (Wildman–Crippen LogP) is 4.27. The van der Waals surface area contributed by atoms with E-state index in [1.165, 1.54) is 6.08 Å². The SMILES string of the molecule is COc1ccc(C(=O)Oc2ccccc2/C=C2\N=C(c3ccc(OC)cc3)OC2=O)cc1. The molecule has 0 unspecified atom stereocenters. The number of carbonyl (C=O) groups is 2. The number of benzene rings is 3. The molecular weight excluding hydrogens is 410 g/mol. The van der Waals surface area contributed by atoms with Gasteiger partial charge in [0.25, 0.3) is 0 Å². The zero-order chi connectivity index (χ0) is 22.5. The predicted molar refractivity (Wildman–Crippen MR) is 118 cm³/mol. The van der Waals surface area contributed by atoms with Crippen LogP contribution in [0.3, 0.4) is 0 Å². The third-order valence-corrected chi connectivity index (χ3v) is 4.70. The van der Waals surface area contributed by atoms with Crippen molar-refractivity contribution in [1.82, 2.24) is 0 Å². The molecule has 7 heteroatoms. The number of carbonyl (C=O) groups excluding carboxylic acids is 2. The minimum atomic E-state index is -0.591. The van der Waals surface area contributed by atoms with Gasteiger partial charge in [-0.25, -0.2) is 14.6 Å². The molecule has 160 valence electrons. The Morgan fingerprint density at radius 3 is 2.16 bits per heavy atom. The third-order valence-electron chi connectivity index (χ3n) is 4.70. The quantitative estimate of drug-likeness (QED) is 0.331. The van der Waals surface area contributed by atoms with E-state index >= 15 is 0 Å². The van der Waals surface area contributed by atoms with E-state index in [1.54, 1.807) is 87.0 Å². The number of hydrogen-bond acceptors (Lipinski definition) is 7. The van der Waals surface area contributed by atoms with Crippen LogP contribution in [0.15, 0.2) is 83.5 Å². The van der Waals surface area contributed by atoms with Gasteiger partial charge in [-0.3, -0.25) is 0 Å². The molecule has 0 saturated heterocycles. The number of nitrogens with zero attached hydrogens (tertiary/aromatic N) is 1. The van der Waals surface area contributed by atoms with Crippen LogP contribution in [0.1, 0.15) is 21.5 Å². The van der Waals surface area contributed by atoms with E-state index in [1.807, 2.05) is 0 Å². The Morgan fingerprint density at radius 2 is 1.50 bits per heavy atom. The first kappa shape index (κ1) is 20.9. The summed E-state index contributed by atoms with van der Waals surface area (Å²) in [6.45, 7) is 0. The van der Waals surface area contributed by atoms with Gasteiger partial charge in [-0.2, -0.15) is 0 Å². The number of methoxy groups -OCH3 is 2. The van der Waals surface area contributed by atoms with Gasteiger partial charge in [0, 0.05) is 11.1 Å². The highest BCUT2D eigenvalue weighted by Crippen LogP contribution is 2.26. The Kier molecular flexibility index (Phi) is 5.98. The minimum absolute atomic E-state index is 0.101. The van der Waals surface area contributed by atoms with Crippen molar-refractivity contribution in [3.8, 4) is 17.2 Å². The highest BCUT2D eigenvalue weighted by atomic mass is 16.6. The molecule has 1 aliphatic rings. The molecule has 0 N–H and O–H groups in total. The smallest absolute Gasteiger partial charge is 0.363 e. The van der Waals surface area contributed by atoms with Gasteiger partial charge < -0.3 is 18.9 Å². The Morgan fingerprint density at radius 1 is 0.875 bits per heavy atom. The summed E-state index contributed by atoms with van der Waals surface area (Å²) in [6.07, 6.45) is 1.52. The van der Waals surface area contributed by atoms with Crippen LogP contribution in [0.25, 0.3) is 6.08 Å². The summed E-state index contributed by atoms with van der Waals surface area (Å²) in [5.74, 6) is 0.680. The standard InChI is InChI=1S/C25H19NO6/c1-29-19-11-7-16(8-12-19)23-26-21(25(28)32-23)15-18-5-3-4-6-22(18)31-24(27)17-9-13-20(30-2)14-10-17/h3-15H,1-2H3/b21-15-. The second-order valence-corrected chi connectivity index (χ2v) is 6.72. The number of hydrogen-bond donors (Lipinski definition) is 0. The number of para-hydroxylation sites is 1. The molecule has 32 heavy (non-hydrogen) atoms. The van der Waals surface area contributed by atoms with Crippen molar-refractivity contribution < 1.29 is 28.5 Å². The van der Waals surface area contributed by atoms with Gasteiger partial charge >= 0.3 is 11.9 Å². The average molecular weight is 429 g/mol. The molecule has 0 aliphatic carbocycles. The fourth-order valence-electron chi connectivity index (χ4n) is 2.99. The number of ether oxygens (including phenoxy) is 4. The molecule has 0 spiro atoms. The first-order valence-electron chi connectivity index (χ1n) is 9.69. The number of cyclic esters (lactones) is 1. The Labute approximate surface area is 184 Å². The van der Waals surface area contributed by atoms with Gasteiger partial charge in [-0.15, -0.1) is 0 Å². The van der Waals surface area contributed by atoms with Crippen molar-refractivity contribution >= 4 is 23.9 Å². The van der Waals surface area contributed by atoms with E-state index in [4.69, 9.17) is 18.9 Å². The van der Waals surface area contributed by atoms with Crippen LogP contribution in [-0.2, 0) is 9.53 Å². The first-order chi connectivity index (χ1) is 15.6. The molecule has 0 bridgehead atoms. The van der Waals surface area contributed by atoms with Crippen LogP contribution < -0.4 is 14.2 Å². The molecule has 0 atom stereocenters. The first-order valence-corrected chi connectivity index (χ1v) is 9.69. The Balaban J connectivity index is 1.58. The van der Waals surface area contributed by atoms with Crippen molar-refractivity contribution in [2.75, 3.05) is 14.2 Å². The van der Waals surface area contributed by atoms with E-state index < -0.39 is 11.9 Å². The largest absolute Gasteiger partial charge is 0.497 e. The van der Waals surface area contributed by atoms with Gasteiger partial charge in [-0.1, -0.05) is 18.2 Å². The van der Waals surface area contributed by atoms with Gasteiger partial charge in [0.1, 0.15) is 17.2 Å². The summed E-state index contributed by atoms with van der Waals surface area (Å²) < 4.78 is 21.1. The monoisotopic (exact) mass is 429 g/mol. The molecule has 0 amide bonds. The maximum absolute atomic E-state index is 12.5. The zero-order valence-electron chi connectivity index (χ0n) is 17.4. The average Bonchev–Trinajstić information content (AvgIpc) is 3.20. The van der Waals surface area contributed by atoms with Crippen molar-refractivity contribution in [2.45, 2.75) is 0 Å². The second kappa shape index (κ2) is 9.18. The van der Waals surface area contributed by atoms with Crippen LogP contribution in [0.5, 0.6) is 17.2 Å². The highest BCUT2D eigenvalue weighted by Gasteiger charge is 2.25. The number of aliphatic imine (C=N–C) groups is 1. The molecule has 4 rings (SSSR count). The second-order valence-electron chi connectivity index (χ2n) is 6.72. The van der Waals surface area contributed by atoms with E-state index in [9.17, 15) is 9.59 Å². The summed E-state index contributed by atoms with van der Waals surface area (Å²) in [7, 11) is 3.12. The number of rotatable bonds is 6. The number of esters is 2. The van der Waals surface area contributed by atoms with E-state index in [0.29, 0.717) is 33.9 Å². The van der Waals surface area contributed by atoms with Crippen molar-refractivity contribution in [1.29, 1.82) is 0 Å². The lowest BCUT2D eigenvalue weighted by atomic mass is 10.1. The summed E-state index contributed by atoms with van der Waals surface area (Å²) in [4.78, 5) is 29.2. The van der Waals surface area contributed by atoms with Crippen LogP contribution in [0, 0.1) is 0 Å². The van der Waals surface area contributed by atoms with Gasteiger partial charge in [0.15, 0.2) is 5.70 Å². The summed E-state index contributed by atoms with van der Waals surface area (Å²) in [5, 5.41) is 0. The molecule has 0 saturated carbocycles. The van der Waals surface area contributed by atoms with Crippen molar-refractivity contribution in [2.24, 2.45) is 4.99 Å². The van der Waals surface area contributed by atoms with Crippen molar-refractivity contribution in [3.63, 3.8) is 0 Å². The molecule has 3 aromatic rings. The van der Waals surface area contributed by atoms with Gasteiger partial charge in [0.2, 0.25) is 5.90 Å². The van der Waals surface area contributed by atoms with E-state index in [-0.39, 0.29) is 11.6 Å². The lowest BCUT2D eigenvalue weighted by molar-refractivity contribution is -0.129. The Hall–Kier alpha value is -4.39. The maximum atomic E-state index is 12.5. The molecule has 3 aromatic carbocycles. The molecule has 0 fully saturated rings. The topological polar surface area (TPSA) is 83.4 Å². The fraction of sp³-hybridized carbons (Fsp3) is 0.0800. The molecule has 7 nitrogen and oxygen atoms in total. The summed E-state index contributed by atoms with van der Waals surface area (Å²) >= 11 is 0. The van der Waals surface area contributed by atoms with E-state index in [2.05, 4.69) is 4.99 Å². The molecule has 0 aromatic heterocycles. The fourth-order valence-corrected chi connectivity index (χ4v) is 2.99. The third kappa shape index (κ3) is 4.52. The molecule has 1 aliphatic heterocycles. The van der Waals surface area contributed by atoms with E-state index in [0.717, 1.165) is 0 Å². The summed E-state index contributed by atoms with van der Waals surface area (Å²) in [5.41, 5.74) is 1.62. The summed E-state index contributed by atoms with van der Waals surface area (Å²) in [6, 6.07) is 20.4. The van der Waals surface area contributed by atoms with Crippen LogP contribution in [-0.4, -0.2) is 32.1 Å². The maximum Gasteiger partial charge on any atom is 0.363 e. The van der Waals surface area contributed by atoms with Crippen molar-refractivity contribution in [3.05, 3.63) is 95.2 Å². The lowest BCUT2D eigenvalue weighted by Gasteiger charge is -2.08. The molecule has 0 radical (unpaired) electrons. The van der Waals surface area contributed by atoms with Crippen LogP contribution in [0.2, 0.25) is 0 Å². The zero-order valence-corrected chi connectivity index (χ0v) is 17.4. The Bertz CT molecular complexity index is 1210. The molecular formula is C25H19NO6. The van der Waals surface area contributed by atoms with Gasteiger partial charge in [0.05, 0.1) is 19.8 Å². The van der Waals surface area contributed by atoms with Crippen LogP contribution in [0.4, 0.5) is 0 Å². The van der Waals surface area contributed by atoms with Crippen LogP contribution >= 0.6 is 0 Å². The highest BCUT2D eigenvalue weighted by molar-refractivity contribution is 6.13.